The normalized spacial score (nSPS) is 10.3. The van der Waals surface area contributed by atoms with Gasteiger partial charge in [-0.3, -0.25) is 0 Å². The lowest BCUT2D eigenvalue weighted by molar-refractivity contribution is 0.404. The van der Waals surface area contributed by atoms with Crippen molar-refractivity contribution in [3.05, 3.63) is 18.2 Å². The number of benzene rings is 1. The van der Waals surface area contributed by atoms with Crippen molar-refractivity contribution in [3.63, 3.8) is 0 Å². The highest BCUT2D eigenvalue weighted by Crippen LogP contribution is 2.31. The fourth-order valence-corrected chi connectivity index (χ4v) is 0.937. The van der Waals surface area contributed by atoms with Crippen molar-refractivity contribution < 1.29 is 9.47 Å². The van der Waals surface area contributed by atoms with Crippen LogP contribution in [0.3, 0.4) is 0 Å². The Bertz CT molecular complexity index is 312. The fourth-order valence-electron chi connectivity index (χ4n) is 0.937. The molecule has 5 nitrogen and oxygen atoms in total. The molecule has 0 atom stereocenters. The van der Waals surface area contributed by atoms with Crippen molar-refractivity contribution in [2.45, 2.75) is 0 Å². The van der Waals surface area contributed by atoms with E-state index in [1.807, 2.05) is 0 Å². The molecule has 0 unspecified atom stereocenters. The van der Waals surface area contributed by atoms with Crippen molar-refractivity contribution in [1.29, 1.82) is 0 Å². The van der Waals surface area contributed by atoms with Gasteiger partial charge in [-0.1, -0.05) is 5.22 Å². The summed E-state index contributed by atoms with van der Waals surface area (Å²) in [6.45, 7) is 0. The van der Waals surface area contributed by atoms with E-state index in [9.17, 15) is 0 Å². The van der Waals surface area contributed by atoms with Crippen LogP contribution in [-0.4, -0.2) is 14.2 Å². The Morgan fingerprint density at radius 3 is 2.54 bits per heavy atom. The molecule has 0 bridgehead atoms. The molecule has 0 radical (unpaired) electrons. The van der Waals surface area contributed by atoms with Crippen molar-refractivity contribution in [2.24, 2.45) is 16.2 Å². The zero-order valence-electron chi connectivity index (χ0n) is 7.52. The highest BCUT2D eigenvalue weighted by Gasteiger charge is 2.02. The summed E-state index contributed by atoms with van der Waals surface area (Å²) in [6.07, 6.45) is 0. The SMILES string of the molecule is COc1ccc(OC)c(/N=N/N)c1. The maximum atomic E-state index is 5.03. The molecule has 13 heavy (non-hydrogen) atoms. The average Bonchev–Trinajstić information content (AvgIpc) is 2.18. The first-order chi connectivity index (χ1) is 6.31. The molecule has 2 N–H and O–H groups in total. The molecule has 0 amide bonds. The fraction of sp³-hybridized carbons (Fsp3) is 0.250. The van der Waals surface area contributed by atoms with Crippen LogP contribution in [0.25, 0.3) is 0 Å². The van der Waals surface area contributed by atoms with Crippen LogP contribution in [0.4, 0.5) is 5.69 Å². The molecule has 1 aromatic rings. The van der Waals surface area contributed by atoms with Crippen LogP contribution in [0.15, 0.2) is 28.5 Å². The van der Waals surface area contributed by atoms with Gasteiger partial charge in [-0.25, -0.2) is 0 Å². The molecule has 1 rings (SSSR count). The van der Waals surface area contributed by atoms with Gasteiger partial charge in [0.15, 0.2) is 0 Å². The Labute approximate surface area is 76.1 Å². The lowest BCUT2D eigenvalue weighted by Gasteiger charge is -2.04. The summed E-state index contributed by atoms with van der Waals surface area (Å²) < 4.78 is 10.0. The second-order valence-corrected chi connectivity index (χ2v) is 2.25. The third-order valence-electron chi connectivity index (χ3n) is 1.55. The summed E-state index contributed by atoms with van der Waals surface area (Å²) in [5.74, 6) is 6.23. The number of methoxy groups -OCH3 is 2. The second-order valence-electron chi connectivity index (χ2n) is 2.25. The van der Waals surface area contributed by atoms with Gasteiger partial charge >= 0.3 is 0 Å². The van der Waals surface area contributed by atoms with Crippen LogP contribution in [0.5, 0.6) is 11.5 Å². The molecule has 0 saturated heterocycles. The predicted octanol–water partition coefficient (Wildman–Crippen LogP) is 1.66. The Hall–Kier alpha value is -1.78. The van der Waals surface area contributed by atoms with E-state index in [1.165, 1.54) is 0 Å². The average molecular weight is 181 g/mol. The van der Waals surface area contributed by atoms with Gasteiger partial charge in [-0.2, -0.15) is 0 Å². The molecule has 70 valence electrons. The predicted molar refractivity (Wildman–Crippen MR) is 48.2 cm³/mol. The molecule has 0 spiro atoms. The lowest BCUT2D eigenvalue weighted by atomic mass is 10.3. The van der Waals surface area contributed by atoms with E-state index in [4.69, 9.17) is 15.3 Å². The Morgan fingerprint density at radius 1 is 1.23 bits per heavy atom. The first-order valence-electron chi connectivity index (χ1n) is 3.64. The van der Waals surface area contributed by atoms with Gasteiger partial charge in [0, 0.05) is 6.07 Å². The van der Waals surface area contributed by atoms with Crippen molar-refractivity contribution in [1.82, 2.24) is 0 Å². The van der Waals surface area contributed by atoms with E-state index < -0.39 is 0 Å². The Morgan fingerprint density at radius 2 is 2.00 bits per heavy atom. The maximum Gasteiger partial charge on any atom is 0.146 e. The van der Waals surface area contributed by atoms with Crippen LogP contribution in [0, 0.1) is 0 Å². The molecule has 0 aliphatic heterocycles. The van der Waals surface area contributed by atoms with Gasteiger partial charge in [0.2, 0.25) is 0 Å². The van der Waals surface area contributed by atoms with Gasteiger partial charge in [0.1, 0.15) is 17.2 Å². The molecule has 0 aliphatic rings. The van der Waals surface area contributed by atoms with Crippen LogP contribution in [-0.2, 0) is 0 Å². The number of rotatable bonds is 3. The van der Waals surface area contributed by atoms with E-state index in [0.29, 0.717) is 17.2 Å². The van der Waals surface area contributed by atoms with E-state index >= 15 is 0 Å². The molecular formula is C8H11N3O2. The summed E-state index contributed by atoms with van der Waals surface area (Å²) in [4.78, 5) is 0. The third-order valence-corrected chi connectivity index (χ3v) is 1.55. The minimum Gasteiger partial charge on any atom is -0.497 e. The van der Waals surface area contributed by atoms with Crippen molar-refractivity contribution >= 4 is 5.69 Å². The maximum absolute atomic E-state index is 5.03. The van der Waals surface area contributed by atoms with Crippen LogP contribution >= 0.6 is 0 Å². The van der Waals surface area contributed by atoms with Crippen molar-refractivity contribution in [3.8, 4) is 11.5 Å². The topological polar surface area (TPSA) is 69.2 Å². The number of hydrogen-bond acceptors (Lipinski definition) is 4. The third kappa shape index (κ3) is 2.08. The number of nitrogens with two attached hydrogens (primary N) is 1. The molecule has 0 heterocycles. The quantitative estimate of drug-likeness (QED) is 0.438. The van der Waals surface area contributed by atoms with Gasteiger partial charge in [0.25, 0.3) is 0 Å². The minimum absolute atomic E-state index is 0.546. The zero-order chi connectivity index (χ0) is 9.68. The van der Waals surface area contributed by atoms with Crippen molar-refractivity contribution in [2.75, 3.05) is 14.2 Å². The number of nitrogens with zero attached hydrogens (tertiary/aromatic N) is 2. The first-order valence-corrected chi connectivity index (χ1v) is 3.64. The molecule has 0 saturated carbocycles. The Kier molecular flexibility index (Phi) is 3.08. The number of ether oxygens (including phenoxy) is 2. The summed E-state index contributed by atoms with van der Waals surface area (Å²) in [5, 5.41) is 6.86. The molecule has 0 aliphatic carbocycles. The second kappa shape index (κ2) is 4.30. The van der Waals surface area contributed by atoms with E-state index in [2.05, 4.69) is 10.3 Å². The van der Waals surface area contributed by atoms with Crippen LogP contribution in [0.2, 0.25) is 0 Å². The summed E-state index contributed by atoms with van der Waals surface area (Å²) in [5.41, 5.74) is 0.546. The number of hydrogen-bond donors (Lipinski definition) is 1. The Balaban J connectivity index is 3.09. The van der Waals surface area contributed by atoms with E-state index in [0.717, 1.165) is 0 Å². The van der Waals surface area contributed by atoms with Gasteiger partial charge in [0.05, 0.1) is 14.2 Å². The monoisotopic (exact) mass is 181 g/mol. The van der Waals surface area contributed by atoms with E-state index in [1.54, 1.807) is 32.4 Å². The van der Waals surface area contributed by atoms with Gasteiger partial charge in [-0.15, -0.1) is 5.11 Å². The highest BCUT2D eigenvalue weighted by molar-refractivity contribution is 5.54. The molecule has 1 aromatic carbocycles. The van der Waals surface area contributed by atoms with Gasteiger partial charge < -0.3 is 15.3 Å². The summed E-state index contributed by atoms with van der Waals surface area (Å²) >= 11 is 0. The molecule has 5 heteroatoms. The molecular weight excluding hydrogens is 170 g/mol. The summed E-state index contributed by atoms with van der Waals surface area (Å²) in [6, 6.07) is 5.20. The smallest absolute Gasteiger partial charge is 0.146 e. The van der Waals surface area contributed by atoms with Crippen LogP contribution < -0.4 is 15.3 Å². The van der Waals surface area contributed by atoms with E-state index in [-0.39, 0.29) is 0 Å². The zero-order valence-corrected chi connectivity index (χ0v) is 7.52. The molecule has 0 fully saturated rings. The van der Waals surface area contributed by atoms with Gasteiger partial charge in [-0.05, 0) is 12.1 Å². The highest BCUT2D eigenvalue weighted by atomic mass is 16.5. The standard InChI is InChI=1S/C8H11N3O2/c1-12-6-3-4-8(13-2)7(5-6)10-11-9/h3-5H,1-2H3,(H2,9,10). The molecule has 0 aromatic heterocycles. The van der Waals surface area contributed by atoms with Crippen LogP contribution in [0.1, 0.15) is 0 Å². The largest absolute Gasteiger partial charge is 0.497 e. The minimum atomic E-state index is 0.546. The summed E-state index contributed by atoms with van der Waals surface area (Å²) in [7, 11) is 3.13. The lowest BCUT2D eigenvalue weighted by Crippen LogP contribution is -1.86. The first kappa shape index (κ1) is 9.31.